The van der Waals surface area contributed by atoms with Crippen LogP contribution in [-0.4, -0.2) is 41.2 Å². The average molecular weight is 241 g/mol. The summed E-state index contributed by atoms with van der Waals surface area (Å²) < 4.78 is 9.90. The summed E-state index contributed by atoms with van der Waals surface area (Å²) in [4.78, 5) is 17.2. The van der Waals surface area contributed by atoms with Crippen LogP contribution in [0, 0.1) is 0 Å². The molecule has 0 amide bonds. The van der Waals surface area contributed by atoms with Gasteiger partial charge in [0.15, 0.2) is 5.82 Å². The number of hydrogen-bond acceptors (Lipinski definition) is 6. The lowest BCUT2D eigenvalue weighted by atomic mass is 10.3. The van der Waals surface area contributed by atoms with E-state index in [0.29, 0.717) is 24.9 Å². The molecule has 0 radical (unpaired) electrons. The van der Waals surface area contributed by atoms with Gasteiger partial charge in [-0.15, -0.1) is 0 Å². The molecule has 0 saturated heterocycles. The van der Waals surface area contributed by atoms with Crippen LogP contribution in [-0.2, 0) is 22.5 Å². The van der Waals surface area contributed by atoms with Gasteiger partial charge in [-0.25, -0.2) is 0 Å². The Bertz CT molecular complexity index is 351. The molecule has 0 aliphatic heterocycles. The Morgan fingerprint density at radius 2 is 2.24 bits per heavy atom. The summed E-state index contributed by atoms with van der Waals surface area (Å²) in [6.45, 7) is 4.94. The van der Waals surface area contributed by atoms with Crippen LogP contribution in [0.4, 0.5) is 0 Å². The van der Waals surface area contributed by atoms with Gasteiger partial charge in [-0.3, -0.25) is 9.69 Å². The standard InChI is InChI=1S/C11H19N3O3/c1-4-6-10-12-9(13-17-10)7-14(3)8-11(15)16-5-2/h4-8H2,1-3H3. The summed E-state index contributed by atoms with van der Waals surface area (Å²) in [5.41, 5.74) is 0. The predicted octanol–water partition coefficient (Wildman–Crippen LogP) is 1.02. The molecule has 0 aromatic carbocycles. The Morgan fingerprint density at radius 3 is 2.88 bits per heavy atom. The average Bonchev–Trinajstić information content (AvgIpc) is 2.66. The molecule has 0 saturated carbocycles. The van der Waals surface area contributed by atoms with Gasteiger partial charge >= 0.3 is 5.97 Å². The molecule has 0 spiro atoms. The smallest absolute Gasteiger partial charge is 0.320 e. The van der Waals surface area contributed by atoms with Crippen molar-refractivity contribution < 1.29 is 14.1 Å². The minimum absolute atomic E-state index is 0.228. The number of carbonyl (C=O) groups excluding carboxylic acids is 1. The lowest BCUT2D eigenvalue weighted by Gasteiger charge is -2.12. The third-order valence-corrected chi connectivity index (χ3v) is 2.09. The normalized spacial score (nSPS) is 10.8. The van der Waals surface area contributed by atoms with Gasteiger partial charge in [-0.05, 0) is 20.4 Å². The summed E-state index contributed by atoms with van der Waals surface area (Å²) in [5, 5.41) is 3.85. The van der Waals surface area contributed by atoms with E-state index in [9.17, 15) is 4.79 Å². The summed E-state index contributed by atoms with van der Waals surface area (Å²) in [7, 11) is 1.81. The van der Waals surface area contributed by atoms with Crippen molar-refractivity contribution in [2.75, 3.05) is 20.2 Å². The maximum absolute atomic E-state index is 11.2. The number of hydrogen-bond donors (Lipinski definition) is 0. The number of rotatable bonds is 7. The van der Waals surface area contributed by atoms with Crippen LogP contribution in [0.1, 0.15) is 32.0 Å². The zero-order valence-corrected chi connectivity index (χ0v) is 10.6. The number of esters is 1. The number of likely N-dealkylation sites (N-methyl/N-ethyl adjacent to an activating group) is 1. The van der Waals surface area contributed by atoms with Gasteiger partial charge in [0.25, 0.3) is 0 Å². The third kappa shape index (κ3) is 4.95. The topological polar surface area (TPSA) is 68.5 Å². The number of carbonyl (C=O) groups is 1. The highest BCUT2D eigenvalue weighted by Gasteiger charge is 2.11. The first-order valence-electron chi connectivity index (χ1n) is 5.81. The molecule has 6 heteroatoms. The SMILES string of the molecule is CCCc1nc(CN(C)CC(=O)OCC)no1. The molecule has 0 unspecified atom stereocenters. The summed E-state index contributed by atoms with van der Waals surface area (Å²) in [6, 6.07) is 0. The minimum atomic E-state index is -0.243. The lowest BCUT2D eigenvalue weighted by molar-refractivity contribution is -0.144. The minimum Gasteiger partial charge on any atom is -0.465 e. The van der Waals surface area contributed by atoms with Gasteiger partial charge in [0, 0.05) is 6.42 Å². The molecule has 1 rings (SSSR count). The van der Waals surface area contributed by atoms with E-state index in [-0.39, 0.29) is 12.5 Å². The molecule has 0 aliphatic carbocycles. The highest BCUT2D eigenvalue weighted by Crippen LogP contribution is 2.02. The molecule has 1 aromatic rings. The summed E-state index contributed by atoms with van der Waals surface area (Å²) in [6.07, 6.45) is 1.76. The van der Waals surface area contributed by atoms with Gasteiger partial charge < -0.3 is 9.26 Å². The van der Waals surface area contributed by atoms with E-state index in [1.807, 2.05) is 7.05 Å². The number of ether oxygens (including phenoxy) is 1. The number of aromatic nitrogens is 2. The molecule has 0 fully saturated rings. The molecule has 0 bridgehead atoms. The molecule has 17 heavy (non-hydrogen) atoms. The van der Waals surface area contributed by atoms with E-state index >= 15 is 0 Å². The van der Waals surface area contributed by atoms with Crippen molar-refractivity contribution in [3.8, 4) is 0 Å². The first-order valence-corrected chi connectivity index (χ1v) is 5.81. The highest BCUT2D eigenvalue weighted by atomic mass is 16.5. The monoisotopic (exact) mass is 241 g/mol. The Balaban J connectivity index is 2.38. The molecule has 6 nitrogen and oxygen atoms in total. The van der Waals surface area contributed by atoms with Crippen molar-refractivity contribution in [3.63, 3.8) is 0 Å². The number of nitrogens with zero attached hydrogens (tertiary/aromatic N) is 3. The van der Waals surface area contributed by atoms with Crippen LogP contribution in [0.5, 0.6) is 0 Å². The summed E-state index contributed by atoms with van der Waals surface area (Å²) in [5.74, 6) is 1.000. The van der Waals surface area contributed by atoms with E-state index in [1.54, 1.807) is 11.8 Å². The van der Waals surface area contributed by atoms with Crippen molar-refractivity contribution in [1.29, 1.82) is 0 Å². The van der Waals surface area contributed by atoms with Gasteiger partial charge in [0.1, 0.15) is 0 Å². The predicted molar refractivity (Wildman–Crippen MR) is 61.3 cm³/mol. The first kappa shape index (κ1) is 13.6. The maximum atomic E-state index is 11.2. The zero-order valence-electron chi connectivity index (χ0n) is 10.6. The third-order valence-electron chi connectivity index (χ3n) is 2.09. The maximum Gasteiger partial charge on any atom is 0.320 e. The second kappa shape index (κ2) is 7.01. The van der Waals surface area contributed by atoms with Crippen LogP contribution in [0.3, 0.4) is 0 Å². The van der Waals surface area contributed by atoms with Crippen molar-refractivity contribution in [3.05, 3.63) is 11.7 Å². The van der Waals surface area contributed by atoms with Crippen LogP contribution in [0.15, 0.2) is 4.52 Å². The van der Waals surface area contributed by atoms with E-state index in [0.717, 1.165) is 12.8 Å². The molecular formula is C11H19N3O3. The first-order chi connectivity index (χ1) is 8.15. The fourth-order valence-corrected chi connectivity index (χ4v) is 1.39. The van der Waals surface area contributed by atoms with Gasteiger partial charge in [-0.2, -0.15) is 4.98 Å². The van der Waals surface area contributed by atoms with Crippen molar-refractivity contribution in [1.82, 2.24) is 15.0 Å². The van der Waals surface area contributed by atoms with E-state index < -0.39 is 0 Å². The largest absolute Gasteiger partial charge is 0.465 e. The Labute approximate surface area is 101 Å². The van der Waals surface area contributed by atoms with Crippen LogP contribution >= 0.6 is 0 Å². The molecule has 96 valence electrons. The molecule has 0 aliphatic rings. The second-order valence-corrected chi connectivity index (χ2v) is 3.83. The Morgan fingerprint density at radius 1 is 1.47 bits per heavy atom. The molecule has 0 atom stereocenters. The van der Waals surface area contributed by atoms with Crippen LogP contribution < -0.4 is 0 Å². The fraction of sp³-hybridized carbons (Fsp3) is 0.727. The number of aryl methyl sites for hydroxylation is 1. The van der Waals surface area contributed by atoms with E-state index in [4.69, 9.17) is 9.26 Å². The lowest BCUT2D eigenvalue weighted by Crippen LogP contribution is -2.27. The van der Waals surface area contributed by atoms with E-state index in [1.165, 1.54) is 0 Å². The molecular weight excluding hydrogens is 222 g/mol. The Hall–Kier alpha value is -1.43. The van der Waals surface area contributed by atoms with Crippen LogP contribution in [0.2, 0.25) is 0 Å². The van der Waals surface area contributed by atoms with Gasteiger partial charge in [0.05, 0.1) is 19.7 Å². The second-order valence-electron chi connectivity index (χ2n) is 3.83. The van der Waals surface area contributed by atoms with Gasteiger partial charge in [-0.1, -0.05) is 12.1 Å². The molecule has 1 heterocycles. The van der Waals surface area contributed by atoms with Crippen molar-refractivity contribution in [2.24, 2.45) is 0 Å². The quantitative estimate of drug-likeness (QED) is 0.664. The van der Waals surface area contributed by atoms with Crippen molar-refractivity contribution >= 4 is 5.97 Å². The Kier molecular flexibility index (Phi) is 5.62. The zero-order chi connectivity index (χ0) is 12.7. The van der Waals surface area contributed by atoms with E-state index in [2.05, 4.69) is 17.1 Å². The highest BCUT2D eigenvalue weighted by molar-refractivity contribution is 5.71. The fourth-order valence-electron chi connectivity index (χ4n) is 1.39. The molecule has 0 N–H and O–H groups in total. The molecule has 1 aromatic heterocycles. The van der Waals surface area contributed by atoms with Gasteiger partial charge in [0.2, 0.25) is 5.89 Å². The van der Waals surface area contributed by atoms with Crippen molar-refractivity contribution in [2.45, 2.75) is 33.2 Å². The summed E-state index contributed by atoms with van der Waals surface area (Å²) >= 11 is 0. The van der Waals surface area contributed by atoms with Crippen LogP contribution in [0.25, 0.3) is 0 Å².